The van der Waals surface area contributed by atoms with E-state index in [1.54, 1.807) is 20.2 Å². The number of rotatable bonds is 7. The largest absolute Gasteiger partial charge is 0.508 e. The molecule has 1 saturated carbocycles. The van der Waals surface area contributed by atoms with Crippen LogP contribution in [-0.2, 0) is 32.2 Å². The van der Waals surface area contributed by atoms with Crippen LogP contribution in [0.25, 0.3) is 5.76 Å². The number of likely N-dealkylation sites (N-methyl/N-ethyl adjacent to an activating group) is 1. The van der Waals surface area contributed by atoms with Gasteiger partial charge in [-0.15, -0.1) is 0 Å². The van der Waals surface area contributed by atoms with Gasteiger partial charge in [0.05, 0.1) is 17.8 Å². The summed E-state index contributed by atoms with van der Waals surface area (Å²) in [6, 6.07) is 0.582. The predicted octanol–water partition coefficient (Wildman–Crippen LogP) is 1.08. The summed E-state index contributed by atoms with van der Waals surface area (Å²) >= 11 is 0. The highest BCUT2D eigenvalue weighted by molar-refractivity contribution is 6.24. The predicted molar refractivity (Wildman–Crippen MR) is 150 cm³/mol. The minimum Gasteiger partial charge on any atom is -0.508 e. The molecule has 0 bridgehead atoms. The lowest BCUT2D eigenvalue weighted by Crippen LogP contribution is -2.65. The highest BCUT2D eigenvalue weighted by Crippen LogP contribution is 2.53. The molecule has 4 rings (SSSR count). The number of oxime groups is 1. The Morgan fingerprint density at radius 3 is 2.49 bits per heavy atom. The van der Waals surface area contributed by atoms with E-state index in [-0.39, 0.29) is 41.7 Å². The summed E-state index contributed by atoms with van der Waals surface area (Å²) in [6.07, 6.45) is 1.61. The Bertz CT molecular complexity index is 1400. The van der Waals surface area contributed by atoms with Gasteiger partial charge in [-0.2, -0.15) is 0 Å². The fraction of sp³-hybridized carbons (Fsp3) is 0.517. The SMILES string of the molecule is CO/N=C/c1cc(CNCC(C)(C)C)c(O)c2c1C[C@H]1C[C@H]3[C@H](N(C)C)C(=O)C(C(N)=O)=C(O)[C@@]3(O)C(=O)C1=C2O. The summed E-state index contributed by atoms with van der Waals surface area (Å²) in [5, 5.41) is 52.8. The van der Waals surface area contributed by atoms with E-state index in [1.807, 2.05) is 0 Å². The number of aliphatic hydroxyl groups excluding tert-OH is 2. The maximum Gasteiger partial charge on any atom is 0.255 e. The number of phenolic OH excluding ortho intramolecular Hbond substituents is 1. The molecular weight excluding hydrogens is 532 g/mol. The number of Topliss-reactive ketones (excluding diaryl/α,β-unsaturated/α-hetero) is 2. The van der Waals surface area contributed by atoms with Crippen LogP contribution in [-0.4, -0.2) is 88.4 Å². The first-order valence-electron chi connectivity index (χ1n) is 13.4. The molecule has 0 unspecified atom stereocenters. The lowest BCUT2D eigenvalue weighted by molar-refractivity contribution is -0.153. The smallest absolute Gasteiger partial charge is 0.255 e. The van der Waals surface area contributed by atoms with Gasteiger partial charge in [0.25, 0.3) is 5.91 Å². The first kappa shape index (κ1) is 30.2. The van der Waals surface area contributed by atoms with Crippen LogP contribution in [0.1, 0.15) is 49.4 Å². The van der Waals surface area contributed by atoms with Gasteiger partial charge in [-0.1, -0.05) is 25.9 Å². The van der Waals surface area contributed by atoms with Gasteiger partial charge in [0.2, 0.25) is 5.78 Å². The van der Waals surface area contributed by atoms with E-state index in [2.05, 4.69) is 31.2 Å². The molecule has 1 aromatic rings. The summed E-state index contributed by atoms with van der Waals surface area (Å²) < 4.78 is 0. The van der Waals surface area contributed by atoms with Crippen LogP contribution in [0.4, 0.5) is 0 Å². The number of hydrogen-bond donors (Lipinski definition) is 6. The molecule has 7 N–H and O–H groups in total. The quantitative estimate of drug-likeness (QED) is 0.157. The maximum atomic E-state index is 14.0. The molecule has 0 spiro atoms. The van der Waals surface area contributed by atoms with Crippen LogP contribution < -0.4 is 11.1 Å². The van der Waals surface area contributed by atoms with E-state index in [0.717, 1.165) is 0 Å². The van der Waals surface area contributed by atoms with Crippen molar-refractivity contribution in [3.63, 3.8) is 0 Å². The molecule has 3 aliphatic rings. The van der Waals surface area contributed by atoms with Crippen molar-refractivity contribution < 1.29 is 39.6 Å². The average Bonchev–Trinajstić information content (AvgIpc) is 2.85. The molecule has 0 aromatic heterocycles. The van der Waals surface area contributed by atoms with Crippen LogP contribution in [0, 0.1) is 17.3 Å². The van der Waals surface area contributed by atoms with Crippen molar-refractivity contribution in [1.29, 1.82) is 0 Å². The number of amides is 1. The second kappa shape index (κ2) is 10.6. The van der Waals surface area contributed by atoms with E-state index in [1.165, 1.54) is 18.2 Å². The number of aromatic hydroxyl groups is 1. The Morgan fingerprint density at radius 1 is 1.27 bits per heavy atom. The number of nitrogens with zero attached hydrogens (tertiary/aromatic N) is 2. The number of ketones is 2. The second-order valence-corrected chi connectivity index (χ2v) is 12.4. The zero-order chi connectivity index (χ0) is 30.6. The molecular formula is C29H38N4O8. The molecule has 222 valence electrons. The Kier molecular flexibility index (Phi) is 7.80. The van der Waals surface area contributed by atoms with Gasteiger partial charge in [0, 0.05) is 35.7 Å². The van der Waals surface area contributed by atoms with Gasteiger partial charge < -0.3 is 36.3 Å². The Labute approximate surface area is 238 Å². The van der Waals surface area contributed by atoms with Gasteiger partial charge >= 0.3 is 0 Å². The molecule has 1 aromatic carbocycles. The number of primary amides is 1. The standard InChI is InChI=1S/C29H38N4O8/c1-28(2,3)12-31-10-15-7-14(11-32-41-6)16-8-13-9-17-21(33(4)5)24(36)20(27(30)39)26(38)29(17,40)25(37)18(13)23(35)19(16)22(15)34/h7,11,13,17,21,31,34-35,38,40H,8-10,12H2,1-6H3,(H2,30,39)/b32-11+/t13-,17-,21-,29-/m0/s1. The highest BCUT2D eigenvalue weighted by Gasteiger charge is 2.64. The van der Waals surface area contributed by atoms with Crippen LogP contribution in [0.3, 0.4) is 0 Å². The van der Waals surface area contributed by atoms with E-state index in [9.17, 15) is 34.8 Å². The molecule has 1 amide bonds. The number of carbonyl (C=O) groups is 3. The van der Waals surface area contributed by atoms with Crippen molar-refractivity contribution in [2.75, 3.05) is 27.7 Å². The summed E-state index contributed by atoms with van der Waals surface area (Å²) in [4.78, 5) is 45.8. The molecule has 0 aliphatic heterocycles. The van der Waals surface area contributed by atoms with Crippen molar-refractivity contribution in [2.45, 2.75) is 51.8 Å². The molecule has 0 radical (unpaired) electrons. The number of benzene rings is 1. The number of nitrogens with one attached hydrogen (secondary N) is 1. The number of hydrogen-bond acceptors (Lipinski definition) is 11. The second-order valence-electron chi connectivity index (χ2n) is 12.4. The molecule has 12 heteroatoms. The molecule has 12 nitrogen and oxygen atoms in total. The van der Waals surface area contributed by atoms with Crippen molar-refractivity contribution in [2.24, 2.45) is 28.1 Å². The topological polar surface area (TPSA) is 195 Å². The summed E-state index contributed by atoms with van der Waals surface area (Å²) in [5.41, 5.74) is 3.10. The molecule has 0 saturated heterocycles. The number of phenols is 1. The van der Waals surface area contributed by atoms with Crippen LogP contribution in [0.15, 0.2) is 28.1 Å². The van der Waals surface area contributed by atoms with Gasteiger partial charge in [0.1, 0.15) is 30.0 Å². The average molecular weight is 571 g/mol. The van der Waals surface area contributed by atoms with E-state index < -0.39 is 58.0 Å². The third-order valence-electron chi connectivity index (χ3n) is 8.10. The van der Waals surface area contributed by atoms with Crippen LogP contribution >= 0.6 is 0 Å². The third kappa shape index (κ3) is 4.89. The van der Waals surface area contributed by atoms with Crippen LogP contribution in [0.5, 0.6) is 5.75 Å². The first-order valence-corrected chi connectivity index (χ1v) is 13.4. The minimum absolute atomic E-state index is 0.00226. The van der Waals surface area contributed by atoms with E-state index in [4.69, 9.17) is 10.6 Å². The molecule has 1 fully saturated rings. The van der Waals surface area contributed by atoms with Gasteiger partial charge in [-0.3, -0.25) is 19.3 Å². The monoisotopic (exact) mass is 570 g/mol. The molecule has 3 aliphatic carbocycles. The van der Waals surface area contributed by atoms with Crippen LogP contribution in [0.2, 0.25) is 0 Å². The lowest BCUT2D eigenvalue weighted by Gasteiger charge is -2.50. The maximum absolute atomic E-state index is 14.0. The third-order valence-corrected chi connectivity index (χ3v) is 8.10. The first-order chi connectivity index (χ1) is 19.1. The summed E-state index contributed by atoms with van der Waals surface area (Å²) in [7, 11) is 4.49. The Balaban J connectivity index is 1.92. The van der Waals surface area contributed by atoms with Crippen molar-refractivity contribution in [1.82, 2.24) is 10.2 Å². The molecule has 41 heavy (non-hydrogen) atoms. The number of carbonyl (C=O) groups excluding carboxylic acids is 3. The van der Waals surface area contributed by atoms with Gasteiger partial charge in [0.15, 0.2) is 11.4 Å². The fourth-order valence-electron chi connectivity index (χ4n) is 6.33. The number of fused-ring (bicyclic) bond motifs is 3. The molecule has 4 atom stereocenters. The fourth-order valence-corrected chi connectivity index (χ4v) is 6.33. The summed E-state index contributed by atoms with van der Waals surface area (Å²) in [5.74, 6) is -6.88. The Hall–Kier alpha value is -3.74. The highest BCUT2D eigenvalue weighted by atomic mass is 16.6. The van der Waals surface area contributed by atoms with Crippen molar-refractivity contribution in [3.8, 4) is 5.75 Å². The van der Waals surface area contributed by atoms with E-state index in [0.29, 0.717) is 23.2 Å². The Morgan fingerprint density at radius 2 is 1.93 bits per heavy atom. The van der Waals surface area contributed by atoms with Gasteiger partial charge in [-0.05, 0) is 49.9 Å². The molecule has 0 heterocycles. The zero-order valence-electron chi connectivity index (χ0n) is 24.1. The minimum atomic E-state index is -2.69. The zero-order valence-corrected chi connectivity index (χ0v) is 24.1. The normalized spacial score (nSPS) is 26.4. The van der Waals surface area contributed by atoms with Gasteiger partial charge in [-0.25, -0.2) is 0 Å². The lowest BCUT2D eigenvalue weighted by atomic mass is 9.57. The summed E-state index contributed by atoms with van der Waals surface area (Å²) in [6.45, 7) is 7.04. The number of aliphatic hydroxyl groups is 3. The van der Waals surface area contributed by atoms with Crippen molar-refractivity contribution >= 4 is 29.4 Å². The van der Waals surface area contributed by atoms with E-state index >= 15 is 0 Å². The van der Waals surface area contributed by atoms with Crippen molar-refractivity contribution in [3.05, 3.63) is 45.2 Å². The number of nitrogens with two attached hydrogens (primary N) is 1.